The summed E-state index contributed by atoms with van der Waals surface area (Å²) >= 11 is 1.59. The number of benzene rings is 1. The predicted octanol–water partition coefficient (Wildman–Crippen LogP) is 5.96. The van der Waals surface area contributed by atoms with E-state index in [0.717, 1.165) is 35.4 Å². The molecular weight excluding hydrogens is 489 g/mol. The quantitative estimate of drug-likeness (QED) is 0.205. The minimum atomic E-state index is -0.639. The summed E-state index contributed by atoms with van der Waals surface area (Å²) < 4.78 is 16.1. The van der Waals surface area contributed by atoms with Crippen molar-refractivity contribution in [2.45, 2.75) is 25.5 Å². The average molecular weight is 512 g/mol. The number of thiophene rings is 1. The fourth-order valence-corrected chi connectivity index (χ4v) is 5.54. The fraction of sp³-hybridized carbons (Fsp3) is 0.185. The summed E-state index contributed by atoms with van der Waals surface area (Å²) in [6.45, 7) is 0. The van der Waals surface area contributed by atoms with Crippen LogP contribution in [0.2, 0.25) is 0 Å². The SMILES string of the molecule is OC(Nc1cncc(-c2ccc3[nH]nc(-c4nc5c(-c6cccs6)nccc5[nH]4)c3c2F)c1)C1CCC1. The molecule has 4 N–H and O–H groups in total. The van der Waals surface area contributed by atoms with Crippen molar-refractivity contribution in [3.63, 3.8) is 0 Å². The van der Waals surface area contributed by atoms with Crippen LogP contribution in [0.1, 0.15) is 19.3 Å². The molecule has 0 aliphatic heterocycles. The van der Waals surface area contributed by atoms with Gasteiger partial charge in [0.1, 0.15) is 28.9 Å². The van der Waals surface area contributed by atoms with Gasteiger partial charge in [-0.05, 0) is 48.6 Å². The highest BCUT2D eigenvalue weighted by atomic mass is 32.1. The van der Waals surface area contributed by atoms with Gasteiger partial charge >= 0.3 is 0 Å². The average Bonchev–Trinajstić information content (AvgIpc) is 3.62. The second-order valence-corrected chi connectivity index (χ2v) is 10.2. The highest BCUT2D eigenvalue weighted by Gasteiger charge is 2.26. The summed E-state index contributed by atoms with van der Waals surface area (Å²) in [5, 5.41) is 23.2. The number of aliphatic hydroxyl groups excluding tert-OH is 1. The van der Waals surface area contributed by atoms with E-state index in [1.165, 1.54) is 0 Å². The number of nitrogens with one attached hydrogen (secondary N) is 3. The maximum absolute atomic E-state index is 16.1. The zero-order chi connectivity index (χ0) is 24.9. The maximum Gasteiger partial charge on any atom is 0.159 e. The van der Waals surface area contributed by atoms with Gasteiger partial charge in [0, 0.05) is 29.4 Å². The van der Waals surface area contributed by atoms with Crippen molar-refractivity contribution in [3.05, 3.63) is 66.2 Å². The predicted molar refractivity (Wildman–Crippen MR) is 142 cm³/mol. The van der Waals surface area contributed by atoms with Crippen molar-refractivity contribution in [1.29, 1.82) is 0 Å². The van der Waals surface area contributed by atoms with Crippen LogP contribution < -0.4 is 5.32 Å². The summed E-state index contributed by atoms with van der Waals surface area (Å²) in [4.78, 5) is 17.9. The summed E-state index contributed by atoms with van der Waals surface area (Å²) in [6.07, 6.45) is 7.49. The molecule has 10 heteroatoms. The Bertz CT molecular complexity index is 1740. The molecule has 0 radical (unpaired) electrons. The molecule has 184 valence electrons. The van der Waals surface area contributed by atoms with Crippen LogP contribution in [0.25, 0.3) is 55.2 Å². The Hall–Kier alpha value is -4.15. The van der Waals surface area contributed by atoms with Crippen molar-refractivity contribution in [2.24, 2.45) is 5.92 Å². The second kappa shape index (κ2) is 8.75. The first kappa shape index (κ1) is 22.1. The number of aromatic nitrogens is 6. The van der Waals surface area contributed by atoms with E-state index in [9.17, 15) is 5.11 Å². The fourth-order valence-electron chi connectivity index (χ4n) is 4.82. The number of imidazole rings is 1. The molecule has 6 aromatic rings. The molecule has 0 amide bonds. The standard InChI is InChI=1S/C27H22FN7OS/c28-22-17(15-11-16(13-29-12-15)31-27(36)14-3-1-4-14)6-7-18-21(22)25(35-34-18)26-32-19-8-9-30-24(23(19)33-26)20-5-2-10-37-20/h2,5-14,27,31,36H,1,3-4H2,(H,32,33)(H,34,35). The third-order valence-electron chi connectivity index (χ3n) is 7.01. The smallest absolute Gasteiger partial charge is 0.159 e. The van der Waals surface area contributed by atoms with E-state index >= 15 is 4.39 Å². The number of nitrogens with zero attached hydrogens (tertiary/aromatic N) is 4. The highest BCUT2D eigenvalue weighted by molar-refractivity contribution is 7.13. The summed E-state index contributed by atoms with van der Waals surface area (Å²) in [7, 11) is 0. The zero-order valence-corrected chi connectivity index (χ0v) is 20.4. The molecular formula is C27H22FN7OS. The lowest BCUT2D eigenvalue weighted by Gasteiger charge is -2.31. The Morgan fingerprint density at radius 1 is 1.11 bits per heavy atom. The number of pyridine rings is 2. The number of halogens is 1. The molecule has 5 heterocycles. The first-order chi connectivity index (χ1) is 18.2. The first-order valence-electron chi connectivity index (χ1n) is 12.1. The number of hydrogen-bond donors (Lipinski definition) is 4. The molecule has 0 bridgehead atoms. The van der Waals surface area contributed by atoms with Crippen LogP contribution in [0.3, 0.4) is 0 Å². The first-order valence-corrected chi connectivity index (χ1v) is 13.0. The summed E-state index contributed by atoms with van der Waals surface area (Å²) in [5.74, 6) is 0.279. The highest BCUT2D eigenvalue weighted by Crippen LogP contribution is 2.36. The Morgan fingerprint density at radius 2 is 2.03 bits per heavy atom. The van der Waals surface area contributed by atoms with Crippen LogP contribution >= 0.6 is 11.3 Å². The van der Waals surface area contributed by atoms with Gasteiger partial charge in [0.15, 0.2) is 5.82 Å². The van der Waals surface area contributed by atoms with E-state index in [4.69, 9.17) is 4.98 Å². The molecule has 8 nitrogen and oxygen atoms in total. The molecule has 37 heavy (non-hydrogen) atoms. The lowest BCUT2D eigenvalue weighted by molar-refractivity contribution is 0.0851. The van der Waals surface area contributed by atoms with Crippen LogP contribution in [0, 0.1) is 11.7 Å². The normalized spacial score (nSPS) is 14.8. The summed E-state index contributed by atoms with van der Waals surface area (Å²) in [5.41, 5.74) is 4.88. The van der Waals surface area contributed by atoms with Gasteiger partial charge < -0.3 is 15.4 Å². The number of H-pyrrole nitrogens is 2. The van der Waals surface area contributed by atoms with E-state index in [0.29, 0.717) is 44.8 Å². The molecule has 1 saturated carbocycles. The van der Waals surface area contributed by atoms with E-state index < -0.39 is 12.0 Å². The van der Waals surface area contributed by atoms with Gasteiger partial charge in [-0.25, -0.2) is 9.37 Å². The van der Waals surface area contributed by atoms with Crippen molar-refractivity contribution in [1.82, 2.24) is 30.1 Å². The lowest BCUT2D eigenvalue weighted by atomic mass is 9.84. The van der Waals surface area contributed by atoms with Crippen molar-refractivity contribution >= 4 is 39.0 Å². The second-order valence-electron chi connectivity index (χ2n) is 9.28. The van der Waals surface area contributed by atoms with Gasteiger partial charge in [-0.15, -0.1) is 11.3 Å². The van der Waals surface area contributed by atoms with Crippen molar-refractivity contribution in [3.8, 4) is 33.2 Å². The van der Waals surface area contributed by atoms with E-state index in [2.05, 4.69) is 30.5 Å². The van der Waals surface area contributed by atoms with Crippen LogP contribution in [0.4, 0.5) is 10.1 Å². The third kappa shape index (κ3) is 3.76. The van der Waals surface area contributed by atoms with Crippen LogP contribution in [0.15, 0.2) is 60.4 Å². The number of hydrogen-bond acceptors (Lipinski definition) is 7. The molecule has 1 aliphatic carbocycles. The molecule has 1 fully saturated rings. The number of aliphatic hydroxyl groups is 1. The summed E-state index contributed by atoms with van der Waals surface area (Å²) in [6, 6.07) is 11.1. The van der Waals surface area contributed by atoms with E-state index in [1.807, 2.05) is 23.6 Å². The Labute approximate surface area is 214 Å². The Balaban J connectivity index is 1.30. The number of anilines is 1. The zero-order valence-electron chi connectivity index (χ0n) is 19.6. The van der Waals surface area contributed by atoms with Crippen LogP contribution in [-0.4, -0.2) is 41.5 Å². The number of rotatable bonds is 6. The minimum Gasteiger partial charge on any atom is -0.374 e. The van der Waals surface area contributed by atoms with Gasteiger partial charge in [-0.2, -0.15) is 5.10 Å². The molecule has 1 atom stereocenters. The van der Waals surface area contributed by atoms with Gasteiger partial charge in [0.05, 0.1) is 33.2 Å². The molecule has 0 saturated heterocycles. The van der Waals surface area contributed by atoms with E-state index in [-0.39, 0.29) is 5.92 Å². The van der Waals surface area contributed by atoms with Gasteiger partial charge in [0.2, 0.25) is 0 Å². The molecule has 1 aliphatic rings. The lowest BCUT2D eigenvalue weighted by Crippen LogP contribution is -2.33. The van der Waals surface area contributed by atoms with Gasteiger partial charge in [-0.1, -0.05) is 12.5 Å². The van der Waals surface area contributed by atoms with Gasteiger partial charge in [-0.3, -0.25) is 15.1 Å². The van der Waals surface area contributed by atoms with Crippen LogP contribution in [-0.2, 0) is 0 Å². The molecule has 1 unspecified atom stereocenters. The number of aromatic amines is 2. The molecule has 1 aromatic carbocycles. The molecule has 7 rings (SSSR count). The Kier molecular flexibility index (Phi) is 5.22. The topological polar surface area (TPSA) is 115 Å². The Morgan fingerprint density at radius 3 is 2.84 bits per heavy atom. The molecule has 5 aromatic heterocycles. The largest absolute Gasteiger partial charge is 0.374 e. The monoisotopic (exact) mass is 511 g/mol. The van der Waals surface area contributed by atoms with Crippen LogP contribution in [0.5, 0.6) is 0 Å². The minimum absolute atomic E-state index is 0.240. The third-order valence-corrected chi connectivity index (χ3v) is 7.88. The van der Waals surface area contributed by atoms with Crippen molar-refractivity contribution in [2.75, 3.05) is 5.32 Å². The van der Waals surface area contributed by atoms with E-state index in [1.54, 1.807) is 48.1 Å². The number of fused-ring (bicyclic) bond motifs is 2. The van der Waals surface area contributed by atoms with Crippen molar-refractivity contribution < 1.29 is 9.50 Å². The molecule has 0 spiro atoms. The van der Waals surface area contributed by atoms with Gasteiger partial charge in [0.25, 0.3) is 0 Å². The maximum atomic E-state index is 16.1.